The van der Waals surface area contributed by atoms with Crippen LogP contribution in [0.1, 0.15) is 42.9 Å². The van der Waals surface area contributed by atoms with Gasteiger partial charge >= 0.3 is 12.0 Å². The lowest BCUT2D eigenvalue weighted by atomic mass is 10.0. The van der Waals surface area contributed by atoms with Gasteiger partial charge in [-0.2, -0.15) is 11.8 Å². The Morgan fingerprint density at radius 3 is 2.52 bits per heavy atom. The normalized spacial score (nSPS) is 22.5. The van der Waals surface area contributed by atoms with Crippen molar-refractivity contribution in [2.75, 3.05) is 5.75 Å². The maximum absolute atomic E-state index is 12.9. The molecular formula is C25H28N2O5S. The van der Waals surface area contributed by atoms with E-state index in [1.807, 2.05) is 30.3 Å². The van der Waals surface area contributed by atoms with Crippen LogP contribution in [0.25, 0.3) is 0 Å². The summed E-state index contributed by atoms with van der Waals surface area (Å²) in [6.07, 6.45) is 1.38. The summed E-state index contributed by atoms with van der Waals surface area (Å²) in [7, 11) is 0. The Morgan fingerprint density at radius 2 is 1.79 bits per heavy atom. The molecule has 0 saturated carbocycles. The fraction of sp³-hybridized carbons (Fsp3) is 0.400. The van der Waals surface area contributed by atoms with Crippen molar-refractivity contribution < 1.29 is 24.2 Å². The van der Waals surface area contributed by atoms with Crippen LogP contribution in [0.5, 0.6) is 0 Å². The molecule has 0 aromatic heterocycles. The second-order valence-electron chi connectivity index (χ2n) is 8.33. The molecule has 0 radical (unpaired) electrons. The van der Waals surface area contributed by atoms with Gasteiger partial charge in [0, 0.05) is 17.4 Å². The Balaban J connectivity index is 1.22. The number of unbranched alkanes of at least 4 members (excludes halogenated alkanes) is 1. The van der Waals surface area contributed by atoms with Gasteiger partial charge in [0.2, 0.25) is 0 Å². The van der Waals surface area contributed by atoms with Crippen molar-refractivity contribution in [3.05, 3.63) is 71.8 Å². The summed E-state index contributed by atoms with van der Waals surface area (Å²) in [5.41, 5.74) is 1.44. The van der Waals surface area contributed by atoms with Crippen LogP contribution < -0.4 is 5.32 Å². The van der Waals surface area contributed by atoms with Crippen molar-refractivity contribution in [1.82, 2.24) is 10.2 Å². The monoisotopic (exact) mass is 468 g/mol. The van der Waals surface area contributed by atoms with Crippen molar-refractivity contribution in [1.29, 1.82) is 0 Å². The number of ether oxygens (including phenoxy) is 1. The van der Waals surface area contributed by atoms with Crippen LogP contribution in [0.2, 0.25) is 0 Å². The average Bonchev–Trinajstić information content (AvgIpc) is 3.38. The number of imide groups is 1. The van der Waals surface area contributed by atoms with Gasteiger partial charge < -0.3 is 15.2 Å². The third kappa shape index (κ3) is 5.57. The smallest absolute Gasteiger partial charge is 0.324 e. The Morgan fingerprint density at radius 1 is 1.09 bits per heavy atom. The van der Waals surface area contributed by atoms with Gasteiger partial charge in [-0.1, -0.05) is 67.1 Å². The average molecular weight is 469 g/mol. The van der Waals surface area contributed by atoms with Gasteiger partial charge in [-0.15, -0.1) is 0 Å². The summed E-state index contributed by atoms with van der Waals surface area (Å²) < 4.78 is 5.31. The highest BCUT2D eigenvalue weighted by Crippen LogP contribution is 2.38. The number of carbonyl (C=O) groups is 3. The first-order valence-electron chi connectivity index (χ1n) is 11.2. The molecule has 2 N–H and O–H groups in total. The van der Waals surface area contributed by atoms with Crippen LogP contribution in [0.3, 0.4) is 0 Å². The summed E-state index contributed by atoms with van der Waals surface area (Å²) in [5.74, 6) is -0.161. The van der Waals surface area contributed by atoms with E-state index in [0.29, 0.717) is 24.2 Å². The lowest BCUT2D eigenvalue weighted by Crippen LogP contribution is -2.44. The standard InChI is InChI=1S/C25H28N2O5S/c28-21(32-15-17-9-3-1-4-10-17)14-8-7-13-20-22-19(16-33-20)27(25(31)26-22)24(30)23(29)18-11-5-2-6-12-18/h1-6,9-12,19-20,22-23,29H,7-8,13-16H2,(H,26,31). The van der Waals surface area contributed by atoms with Crippen molar-refractivity contribution in [3.8, 4) is 0 Å². The number of fused-ring (bicyclic) bond motifs is 1. The van der Waals surface area contributed by atoms with Crippen molar-refractivity contribution in [3.63, 3.8) is 0 Å². The molecule has 7 nitrogen and oxygen atoms in total. The predicted octanol–water partition coefficient (Wildman–Crippen LogP) is 3.43. The molecule has 2 aliphatic heterocycles. The van der Waals surface area contributed by atoms with E-state index in [-0.39, 0.29) is 29.9 Å². The second-order valence-corrected chi connectivity index (χ2v) is 9.60. The van der Waals surface area contributed by atoms with Crippen molar-refractivity contribution in [2.45, 2.75) is 55.7 Å². The van der Waals surface area contributed by atoms with E-state index in [1.165, 1.54) is 4.90 Å². The Bertz CT molecular complexity index is 971. The van der Waals surface area contributed by atoms with Gasteiger partial charge in [0.25, 0.3) is 5.91 Å². The summed E-state index contributed by atoms with van der Waals surface area (Å²) in [4.78, 5) is 38.6. The van der Waals surface area contributed by atoms with E-state index < -0.39 is 18.0 Å². The second kappa shape index (κ2) is 10.9. The molecule has 2 fully saturated rings. The lowest BCUT2D eigenvalue weighted by molar-refractivity contribution is -0.145. The highest BCUT2D eigenvalue weighted by Gasteiger charge is 2.51. The first-order chi connectivity index (χ1) is 16.0. The number of thioether (sulfide) groups is 1. The summed E-state index contributed by atoms with van der Waals surface area (Å²) in [6, 6.07) is 17.4. The number of esters is 1. The molecule has 4 unspecified atom stereocenters. The fourth-order valence-corrected chi connectivity index (χ4v) is 5.92. The van der Waals surface area contributed by atoms with E-state index in [4.69, 9.17) is 4.74 Å². The molecule has 4 rings (SSSR count). The highest BCUT2D eigenvalue weighted by atomic mass is 32.2. The minimum Gasteiger partial charge on any atom is -0.461 e. The number of urea groups is 1. The molecule has 0 spiro atoms. The number of nitrogens with one attached hydrogen (secondary N) is 1. The highest BCUT2D eigenvalue weighted by molar-refractivity contribution is 8.00. The maximum atomic E-state index is 12.9. The van der Waals surface area contributed by atoms with E-state index in [9.17, 15) is 19.5 Å². The Labute approximate surface area is 197 Å². The first kappa shape index (κ1) is 23.3. The van der Waals surface area contributed by atoms with E-state index in [2.05, 4.69) is 5.32 Å². The molecule has 2 aliphatic rings. The number of amides is 3. The van der Waals surface area contributed by atoms with Gasteiger partial charge in [-0.05, 0) is 24.0 Å². The Hall–Kier alpha value is -2.84. The topological polar surface area (TPSA) is 95.9 Å². The minimum absolute atomic E-state index is 0.139. The van der Waals surface area contributed by atoms with Crippen LogP contribution in [-0.2, 0) is 20.9 Å². The maximum Gasteiger partial charge on any atom is 0.324 e. The molecular weight excluding hydrogens is 440 g/mol. The molecule has 33 heavy (non-hydrogen) atoms. The largest absolute Gasteiger partial charge is 0.461 e. The number of rotatable bonds is 9. The molecule has 4 atom stereocenters. The molecule has 8 heteroatoms. The number of nitrogens with zero attached hydrogens (tertiary/aromatic N) is 1. The molecule has 2 aromatic rings. The number of hydrogen-bond donors (Lipinski definition) is 2. The molecule has 2 saturated heterocycles. The van der Waals surface area contributed by atoms with E-state index in [1.54, 1.807) is 42.1 Å². The quantitative estimate of drug-likeness (QED) is 0.333. The zero-order valence-electron chi connectivity index (χ0n) is 18.3. The van der Waals surface area contributed by atoms with Crippen LogP contribution in [0.4, 0.5) is 4.79 Å². The number of carbonyl (C=O) groups excluding carboxylic acids is 3. The van der Waals surface area contributed by atoms with Crippen LogP contribution in [-0.4, -0.2) is 51.0 Å². The lowest BCUT2D eigenvalue weighted by Gasteiger charge is -2.22. The summed E-state index contributed by atoms with van der Waals surface area (Å²) in [5, 5.41) is 13.6. The Kier molecular flexibility index (Phi) is 7.67. The van der Waals surface area contributed by atoms with Crippen molar-refractivity contribution >= 4 is 29.7 Å². The molecule has 174 valence electrons. The molecule has 2 heterocycles. The third-order valence-electron chi connectivity index (χ3n) is 6.09. The molecule has 0 aliphatic carbocycles. The number of aliphatic hydroxyl groups is 1. The van der Waals surface area contributed by atoms with Crippen LogP contribution >= 0.6 is 11.8 Å². The van der Waals surface area contributed by atoms with Gasteiger partial charge in [0.05, 0.1) is 12.1 Å². The van der Waals surface area contributed by atoms with Crippen molar-refractivity contribution in [2.24, 2.45) is 0 Å². The van der Waals surface area contributed by atoms with E-state index in [0.717, 1.165) is 18.4 Å². The number of aliphatic hydroxyl groups excluding tert-OH is 1. The molecule has 2 aromatic carbocycles. The van der Waals surface area contributed by atoms with Gasteiger partial charge in [0.15, 0.2) is 6.10 Å². The molecule has 0 bridgehead atoms. The zero-order valence-corrected chi connectivity index (χ0v) is 19.1. The van der Waals surface area contributed by atoms with Gasteiger partial charge in [-0.3, -0.25) is 14.5 Å². The van der Waals surface area contributed by atoms with Crippen LogP contribution in [0.15, 0.2) is 60.7 Å². The fourth-order valence-electron chi connectivity index (χ4n) is 4.33. The third-order valence-corrected chi connectivity index (χ3v) is 7.58. The predicted molar refractivity (Wildman–Crippen MR) is 125 cm³/mol. The number of hydrogen-bond acceptors (Lipinski definition) is 6. The van der Waals surface area contributed by atoms with Gasteiger partial charge in [0.1, 0.15) is 6.61 Å². The summed E-state index contributed by atoms with van der Waals surface area (Å²) >= 11 is 1.73. The van der Waals surface area contributed by atoms with Gasteiger partial charge in [-0.25, -0.2) is 4.79 Å². The minimum atomic E-state index is -1.36. The zero-order chi connectivity index (χ0) is 23.2. The number of benzene rings is 2. The SMILES string of the molecule is O=C(CCCCC1SCC2C1NC(=O)N2C(=O)C(O)c1ccccc1)OCc1ccccc1. The first-order valence-corrected chi connectivity index (χ1v) is 12.3. The van der Waals surface area contributed by atoms with E-state index >= 15 is 0 Å². The summed E-state index contributed by atoms with van der Waals surface area (Å²) in [6.45, 7) is 0.284. The van der Waals surface area contributed by atoms with Crippen LogP contribution in [0, 0.1) is 0 Å². The molecule has 3 amide bonds.